The molecular weight excluding hydrogens is 388 g/mol. The van der Waals surface area contributed by atoms with E-state index in [1.807, 2.05) is 0 Å². The highest BCUT2D eigenvalue weighted by atomic mass is 35.5. The zero-order valence-electron chi connectivity index (χ0n) is 15.5. The summed E-state index contributed by atoms with van der Waals surface area (Å²) in [7, 11) is -1.91. The summed E-state index contributed by atoms with van der Waals surface area (Å²) < 4.78 is 32.3. The van der Waals surface area contributed by atoms with Crippen LogP contribution in [-0.4, -0.2) is 45.5 Å². The topological polar surface area (TPSA) is 75.7 Å². The van der Waals surface area contributed by atoms with Crippen LogP contribution in [0, 0.1) is 0 Å². The molecule has 0 aliphatic heterocycles. The number of hydrogen-bond acceptors (Lipinski definition) is 4. The van der Waals surface area contributed by atoms with Crippen molar-refractivity contribution in [3.63, 3.8) is 0 Å². The van der Waals surface area contributed by atoms with Gasteiger partial charge in [-0.2, -0.15) is 0 Å². The maximum atomic E-state index is 12.5. The zero-order valence-corrected chi connectivity index (χ0v) is 17.0. The molecule has 0 aliphatic rings. The second-order valence-corrected chi connectivity index (χ2v) is 8.48. The van der Waals surface area contributed by atoms with E-state index >= 15 is 0 Å². The third-order valence-corrected chi connectivity index (χ3v) is 5.58. The van der Waals surface area contributed by atoms with E-state index in [0.717, 1.165) is 0 Å². The van der Waals surface area contributed by atoms with E-state index in [1.54, 1.807) is 45.2 Å². The quantitative estimate of drug-likeness (QED) is 0.725. The van der Waals surface area contributed by atoms with Crippen LogP contribution in [0.25, 0.3) is 0 Å². The Labute approximate surface area is 165 Å². The van der Waals surface area contributed by atoms with Crippen molar-refractivity contribution >= 4 is 27.5 Å². The fourth-order valence-corrected chi connectivity index (χ4v) is 3.69. The molecule has 0 bridgehead atoms. The molecular formula is C19H23ClN2O4S. The van der Waals surface area contributed by atoms with Crippen molar-refractivity contribution in [3.8, 4) is 5.75 Å². The van der Waals surface area contributed by atoms with Gasteiger partial charge in [-0.3, -0.25) is 4.79 Å². The number of benzene rings is 2. The Balaban J connectivity index is 1.93. The van der Waals surface area contributed by atoms with Crippen molar-refractivity contribution < 1.29 is 17.9 Å². The molecule has 0 saturated carbocycles. The SMILES string of the molecule is CC(C)NS(=O)(=O)c1ccc(C(=O)N(C)CCOc2ccc(Cl)cc2)cc1. The summed E-state index contributed by atoms with van der Waals surface area (Å²) >= 11 is 5.82. The van der Waals surface area contributed by atoms with E-state index in [0.29, 0.717) is 29.5 Å². The summed E-state index contributed by atoms with van der Waals surface area (Å²) in [6.45, 7) is 4.21. The molecule has 0 radical (unpaired) electrons. The average molecular weight is 411 g/mol. The van der Waals surface area contributed by atoms with Gasteiger partial charge in [0.15, 0.2) is 0 Å². The minimum atomic E-state index is -3.57. The van der Waals surface area contributed by atoms with Crippen LogP contribution in [0.5, 0.6) is 5.75 Å². The highest BCUT2D eigenvalue weighted by molar-refractivity contribution is 7.89. The highest BCUT2D eigenvalue weighted by Crippen LogP contribution is 2.16. The molecule has 2 rings (SSSR count). The van der Waals surface area contributed by atoms with Gasteiger partial charge in [0.25, 0.3) is 5.91 Å². The molecule has 1 amide bonds. The van der Waals surface area contributed by atoms with Gasteiger partial charge in [0.1, 0.15) is 12.4 Å². The predicted molar refractivity (Wildman–Crippen MR) is 106 cm³/mol. The van der Waals surface area contributed by atoms with E-state index < -0.39 is 10.0 Å². The number of rotatable bonds is 8. The van der Waals surface area contributed by atoms with Crippen molar-refractivity contribution in [1.29, 1.82) is 0 Å². The Kier molecular flexibility index (Phi) is 7.24. The molecule has 1 N–H and O–H groups in total. The van der Waals surface area contributed by atoms with Crippen LogP contribution in [-0.2, 0) is 10.0 Å². The molecule has 0 unspecified atom stereocenters. The van der Waals surface area contributed by atoms with Gasteiger partial charge in [0.05, 0.1) is 11.4 Å². The molecule has 146 valence electrons. The lowest BCUT2D eigenvalue weighted by Gasteiger charge is -2.18. The van der Waals surface area contributed by atoms with Crippen LogP contribution >= 0.6 is 11.6 Å². The molecule has 0 saturated heterocycles. The number of carbonyl (C=O) groups excluding carboxylic acids is 1. The Morgan fingerprint density at radius 1 is 1.11 bits per heavy atom. The predicted octanol–water partition coefficient (Wildman–Crippen LogP) is 3.18. The van der Waals surface area contributed by atoms with Gasteiger partial charge in [0, 0.05) is 23.7 Å². The van der Waals surface area contributed by atoms with E-state index in [1.165, 1.54) is 29.2 Å². The number of hydrogen-bond donors (Lipinski definition) is 1. The number of nitrogens with zero attached hydrogens (tertiary/aromatic N) is 1. The molecule has 0 fully saturated rings. The maximum absolute atomic E-state index is 12.5. The maximum Gasteiger partial charge on any atom is 0.253 e. The number of nitrogens with one attached hydrogen (secondary N) is 1. The van der Waals surface area contributed by atoms with Crippen molar-refractivity contribution in [2.75, 3.05) is 20.2 Å². The lowest BCUT2D eigenvalue weighted by molar-refractivity contribution is 0.0773. The fourth-order valence-electron chi connectivity index (χ4n) is 2.31. The van der Waals surface area contributed by atoms with Crippen LogP contribution in [0.4, 0.5) is 0 Å². The third kappa shape index (κ3) is 6.23. The summed E-state index contributed by atoms with van der Waals surface area (Å²) in [6.07, 6.45) is 0. The van der Waals surface area contributed by atoms with Gasteiger partial charge in [-0.05, 0) is 62.4 Å². The molecule has 0 atom stereocenters. The fraction of sp³-hybridized carbons (Fsp3) is 0.316. The number of sulfonamides is 1. The molecule has 0 heterocycles. The van der Waals surface area contributed by atoms with Gasteiger partial charge < -0.3 is 9.64 Å². The summed E-state index contributed by atoms with van der Waals surface area (Å²) in [5.41, 5.74) is 0.410. The number of amides is 1. The zero-order chi connectivity index (χ0) is 20.0. The largest absolute Gasteiger partial charge is 0.492 e. The number of ether oxygens (including phenoxy) is 1. The van der Waals surface area contributed by atoms with Gasteiger partial charge in [-0.15, -0.1) is 0 Å². The molecule has 2 aromatic carbocycles. The summed E-state index contributed by atoms with van der Waals surface area (Å²) in [4.78, 5) is 14.1. The van der Waals surface area contributed by atoms with Crippen LogP contribution in [0.15, 0.2) is 53.4 Å². The van der Waals surface area contributed by atoms with Gasteiger partial charge >= 0.3 is 0 Å². The standard InChI is InChI=1S/C19H23ClN2O4S/c1-14(2)21-27(24,25)18-10-4-15(5-11-18)19(23)22(3)12-13-26-17-8-6-16(20)7-9-17/h4-11,14,21H,12-13H2,1-3H3. The van der Waals surface area contributed by atoms with Crippen LogP contribution in [0.1, 0.15) is 24.2 Å². The molecule has 6 nitrogen and oxygen atoms in total. The normalized spacial score (nSPS) is 11.4. The lowest BCUT2D eigenvalue weighted by atomic mass is 10.2. The van der Waals surface area contributed by atoms with Gasteiger partial charge in [-0.1, -0.05) is 11.6 Å². The molecule has 8 heteroatoms. The smallest absolute Gasteiger partial charge is 0.253 e. The minimum Gasteiger partial charge on any atom is -0.492 e. The van der Waals surface area contributed by atoms with Crippen LogP contribution in [0.2, 0.25) is 5.02 Å². The van der Waals surface area contributed by atoms with Crippen molar-refractivity contribution in [3.05, 3.63) is 59.1 Å². The molecule has 0 spiro atoms. The van der Waals surface area contributed by atoms with Crippen LogP contribution in [0.3, 0.4) is 0 Å². The Hall–Kier alpha value is -2.09. The second kappa shape index (κ2) is 9.21. The highest BCUT2D eigenvalue weighted by Gasteiger charge is 2.17. The molecule has 27 heavy (non-hydrogen) atoms. The first kappa shape index (κ1) is 21.2. The number of carbonyl (C=O) groups is 1. The first-order valence-corrected chi connectivity index (χ1v) is 10.3. The second-order valence-electron chi connectivity index (χ2n) is 6.33. The lowest BCUT2D eigenvalue weighted by Crippen LogP contribution is -2.31. The van der Waals surface area contributed by atoms with E-state index in [2.05, 4.69) is 4.72 Å². The van der Waals surface area contributed by atoms with Crippen molar-refractivity contribution in [2.45, 2.75) is 24.8 Å². The van der Waals surface area contributed by atoms with Crippen molar-refractivity contribution in [2.24, 2.45) is 0 Å². The average Bonchev–Trinajstić information content (AvgIpc) is 2.61. The Morgan fingerprint density at radius 3 is 2.26 bits per heavy atom. The first-order valence-electron chi connectivity index (χ1n) is 8.45. The Morgan fingerprint density at radius 2 is 1.70 bits per heavy atom. The monoisotopic (exact) mass is 410 g/mol. The van der Waals surface area contributed by atoms with Crippen LogP contribution < -0.4 is 9.46 Å². The Bertz CT molecular complexity index is 866. The van der Waals surface area contributed by atoms with E-state index in [4.69, 9.17) is 16.3 Å². The summed E-state index contributed by atoms with van der Waals surface area (Å²) in [6, 6.07) is 12.6. The number of halogens is 1. The number of likely N-dealkylation sites (N-methyl/N-ethyl adjacent to an activating group) is 1. The van der Waals surface area contributed by atoms with E-state index in [-0.39, 0.29) is 16.8 Å². The summed E-state index contributed by atoms with van der Waals surface area (Å²) in [5, 5.41) is 0.628. The minimum absolute atomic E-state index is 0.126. The van der Waals surface area contributed by atoms with Crippen molar-refractivity contribution in [1.82, 2.24) is 9.62 Å². The molecule has 0 aromatic heterocycles. The van der Waals surface area contributed by atoms with E-state index in [9.17, 15) is 13.2 Å². The molecule has 2 aromatic rings. The van der Waals surface area contributed by atoms with Gasteiger partial charge in [0.2, 0.25) is 10.0 Å². The first-order chi connectivity index (χ1) is 12.7. The molecule has 0 aliphatic carbocycles. The summed E-state index contributed by atoms with van der Waals surface area (Å²) in [5.74, 6) is 0.461. The van der Waals surface area contributed by atoms with Gasteiger partial charge in [-0.25, -0.2) is 13.1 Å². The third-order valence-electron chi connectivity index (χ3n) is 3.66.